The lowest BCUT2D eigenvalue weighted by molar-refractivity contribution is -0.118. The van der Waals surface area contributed by atoms with Crippen LogP contribution in [0.25, 0.3) is 0 Å². The quantitative estimate of drug-likeness (QED) is 0.847. The zero-order chi connectivity index (χ0) is 13.9. The van der Waals surface area contributed by atoms with Crippen LogP contribution in [0.1, 0.15) is 18.7 Å². The predicted molar refractivity (Wildman–Crippen MR) is 74.9 cm³/mol. The molecule has 0 fully saturated rings. The molecule has 1 aliphatic heterocycles. The van der Waals surface area contributed by atoms with Crippen LogP contribution in [0.2, 0.25) is 0 Å². The van der Waals surface area contributed by atoms with Gasteiger partial charge in [-0.05, 0) is 12.1 Å². The summed E-state index contributed by atoms with van der Waals surface area (Å²) in [6, 6.07) is 7.54. The van der Waals surface area contributed by atoms with Crippen LogP contribution in [0.4, 0.5) is 5.13 Å². The number of carbonyl (C=O) groups is 1. The molecule has 2 heterocycles. The van der Waals surface area contributed by atoms with Gasteiger partial charge in [-0.25, -0.2) is 4.98 Å². The Morgan fingerprint density at radius 3 is 3.00 bits per heavy atom. The van der Waals surface area contributed by atoms with E-state index in [0.29, 0.717) is 17.5 Å². The molecule has 0 saturated heterocycles. The minimum Gasteiger partial charge on any atom is -0.485 e. The van der Waals surface area contributed by atoms with E-state index in [9.17, 15) is 4.79 Å². The monoisotopic (exact) mass is 291 g/mol. The van der Waals surface area contributed by atoms with Gasteiger partial charge in [0.25, 0.3) is 0 Å². The molecule has 3 rings (SSSR count). The highest BCUT2D eigenvalue weighted by Crippen LogP contribution is 2.36. The van der Waals surface area contributed by atoms with Gasteiger partial charge >= 0.3 is 0 Å². The maximum atomic E-state index is 10.8. The van der Waals surface area contributed by atoms with Gasteiger partial charge in [-0.2, -0.15) is 0 Å². The van der Waals surface area contributed by atoms with Crippen LogP contribution in [0.5, 0.6) is 11.5 Å². The smallest absolute Gasteiger partial charge is 0.235 e. The van der Waals surface area contributed by atoms with E-state index in [1.807, 2.05) is 29.6 Å². The summed E-state index contributed by atoms with van der Waals surface area (Å²) < 4.78 is 11.5. The highest BCUT2D eigenvalue weighted by Gasteiger charge is 2.24. The van der Waals surface area contributed by atoms with Gasteiger partial charge in [-0.1, -0.05) is 12.1 Å². The Hall–Kier alpha value is -2.28. The minimum atomic E-state index is -0.242. The number of thiazole rings is 1. The number of hydrogen-bond acceptors (Lipinski definition) is 6. The summed E-state index contributed by atoms with van der Waals surface area (Å²) in [6.45, 7) is 1.84. The first-order chi connectivity index (χ1) is 9.72. The lowest BCUT2D eigenvalue weighted by Gasteiger charge is -2.25. The highest BCUT2D eigenvalue weighted by molar-refractivity contribution is 7.13. The van der Waals surface area contributed by atoms with E-state index in [-0.39, 0.29) is 12.0 Å². The summed E-state index contributed by atoms with van der Waals surface area (Å²) in [5.41, 5.74) is 5.99. The van der Waals surface area contributed by atoms with Crippen LogP contribution in [0.3, 0.4) is 0 Å². The molecule has 0 radical (unpaired) electrons. The van der Waals surface area contributed by atoms with E-state index in [2.05, 4.69) is 15.8 Å². The largest absolute Gasteiger partial charge is 0.485 e. The zero-order valence-electron chi connectivity index (χ0n) is 10.8. The Balaban J connectivity index is 1.70. The number of ether oxygens (including phenoxy) is 2. The van der Waals surface area contributed by atoms with E-state index in [0.717, 1.165) is 11.4 Å². The second kappa shape index (κ2) is 5.38. The van der Waals surface area contributed by atoms with Crippen molar-refractivity contribution in [3.05, 3.63) is 35.3 Å². The fraction of sp³-hybridized carbons (Fsp3) is 0.231. The van der Waals surface area contributed by atoms with Crippen molar-refractivity contribution in [2.75, 3.05) is 12.0 Å². The standard InChI is InChI=1S/C13H13N3O3S/c1-8(17)15-16-13-14-9(7-20-13)12-6-18-10-4-2-3-5-11(10)19-12/h2-5,7,12H,6H2,1H3,(H,14,16)(H,15,17). The molecule has 20 heavy (non-hydrogen) atoms. The van der Waals surface area contributed by atoms with Crippen LogP contribution in [0.15, 0.2) is 29.6 Å². The van der Waals surface area contributed by atoms with E-state index in [1.54, 1.807) is 0 Å². The average molecular weight is 291 g/mol. The van der Waals surface area contributed by atoms with E-state index >= 15 is 0 Å². The summed E-state index contributed by atoms with van der Waals surface area (Å²) in [7, 11) is 0. The summed E-state index contributed by atoms with van der Waals surface area (Å²) >= 11 is 1.39. The number of nitrogens with one attached hydrogen (secondary N) is 2. The molecule has 6 nitrogen and oxygen atoms in total. The van der Waals surface area contributed by atoms with E-state index < -0.39 is 0 Å². The Bertz CT molecular complexity index is 629. The lowest BCUT2D eigenvalue weighted by atomic mass is 10.2. The van der Waals surface area contributed by atoms with Crippen molar-refractivity contribution in [3.8, 4) is 11.5 Å². The molecular formula is C13H13N3O3S. The Labute approximate surface area is 119 Å². The first-order valence-corrected chi connectivity index (χ1v) is 6.97. The SMILES string of the molecule is CC(=O)NNc1nc(C2COc3ccccc3O2)cs1. The number of anilines is 1. The van der Waals surface area contributed by atoms with Crippen LogP contribution in [0, 0.1) is 0 Å². The third-order valence-electron chi connectivity index (χ3n) is 2.71. The van der Waals surface area contributed by atoms with E-state index in [1.165, 1.54) is 18.3 Å². The van der Waals surface area contributed by atoms with Crippen LogP contribution < -0.4 is 20.3 Å². The zero-order valence-corrected chi connectivity index (χ0v) is 11.6. The summed E-state index contributed by atoms with van der Waals surface area (Å²) in [6.07, 6.45) is -0.242. The molecule has 1 aromatic carbocycles. The number of carbonyl (C=O) groups excluding carboxylic acids is 1. The van der Waals surface area contributed by atoms with Gasteiger partial charge in [0.2, 0.25) is 11.0 Å². The molecule has 7 heteroatoms. The summed E-state index contributed by atoms with van der Waals surface area (Å²) in [5, 5.41) is 2.49. The second-order valence-corrected chi connectivity index (χ2v) is 5.11. The van der Waals surface area contributed by atoms with Crippen molar-refractivity contribution in [1.29, 1.82) is 0 Å². The average Bonchev–Trinajstić information content (AvgIpc) is 2.93. The highest BCUT2D eigenvalue weighted by atomic mass is 32.1. The third-order valence-corrected chi connectivity index (χ3v) is 3.48. The van der Waals surface area contributed by atoms with Gasteiger partial charge in [0.05, 0.1) is 5.69 Å². The molecule has 1 atom stereocenters. The predicted octanol–water partition coefficient (Wildman–Crippen LogP) is 2.12. The first kappa shape index (κ1) is 12.7. The number of hydrogen-bond donors (Lipinski definition) is 2. The number of aromatic nitrogens is 1. The summed E-state index contributed by atoms with van der Waals surface area (Å²) in [4.78, 5) is 15.2. The lowest BCUT2D eigenvalue weighted by Crippen LogP contribution is -2.26. The molecule has 0 saturated carbocycles. The molecule has 1 aromatic heterocycles. The molecule has 104 valence electrons. The number of amides is 1. The van der Waals surface area contributed by atoms with Gasteiger partial charge in [0.15, 0.2) is 17.6 Å². The van der Waals surface area contributed by atoms with Crippen molar-refractivity contribution in [1.82, 2.24) is 10.4 Å². The molecule has 2 N–H and O–H groups in total. The van der Waals surface area contributed by atoms with Gasteiger partial charge in [-0.3, -0.25) is 15.6 Å². The van der Waals surface area contributed by atoms with Crippen LogP contribution in [-0.2, 0) is 4.79 Å². The van der Waals surface area contributed by atoms with Crippen molar-refractivity contribution >= 4 is 22.4 Å². The topological polar surface area (TPSA) is 72.5 Å². The fourth-order valence-electron chi connectivity index (χ4n) is 1.80. The Kier molecular flexibility index (Phi) is 3.42. The normalized spacial score (nSPS) is 16.6. The van der Waals surface area contributed by atoms with Crippen LogP contribution >= 0.6 is 11.3 Å². The molecular weight excluding hydrogens is 278 g/mol. The number of hydrazine groups is 1. The fourth-order valence-corrected chi connectivity index (χ4v) is 2.50. The maximum absolute atomic E-state index is 10.8. The molecule has 1 unspecified atom stereocenters. The second-order valence-electron chi connectivity index (χ2n) is 4.25. The van der Waals surface area contributed by atoms with Crippen molar-refractivity contribution in [2.24, 2.45) is 0 Å². The number of rotatable bonds is 3. The van der Waals surface area contributed by atoms with Gasteiger partial charge < -0.3 is 9.47 Å². The van der Waals surface area contributed by atoms with Gasteiger partial charge in [-0.15, -0.1) is 11.3 Å². The molecule has 0 aliphatic carbocycles. The minimum absolute atomic E-state index is 0.173. The van der Waals surface area contributed by atoms with Crippen molar-refractivity contribution in [3.63, 3.8) is 0 Å². The molecule has 2 aromatic rings. The first-order valence-electron chi connectivity index (χ1n) is 6.09. The molecule has 0 spiro atoms. The van der Waals surface area contributed by atoms with Gasteiger partial charge in [0.1, 0.15) is 6.61 Å². The van der Waals surface area contributed by atoms with Crippen LogP contribution in [-0.4, -0.2) is 17.5 Å². The Morgan fingerprint density at radius 2 is 2.20 bits per heavy atom. The number of nitrogens with zero attached hydrogens (tertiary/aromatic N) is 1. The Morgan fingerprint density at radius 1 is 1.40 bits per heavy atom. The maximum Gasteiger partial charge on any atom is 0.235 e. The van der Waals surface area contributed by atoms with Crippen molar-refractivity contribution < 1.29 is 14.3 Å². The van der Waals surface area contributed by atoms with Crippen molar-refractivity contribution in [2.45, 2.75) is 13.0 Å². The number of para-hydroxylation sites is 2. The summed E-state index contributed by atoms with van der Waals surface area (Å²) in [5.74, 6) is 1.29. The number of benzene rings is 1. The van der Waals surface area contributed by atoms with E-state index in [4.69, 9.17) is 9.47 Å². The molecule has 1 amide bonds. The molecule has 1 aliphatic rings. The third kappa shape index (κ3) is 2.67. The number of fused-ring (bicyclic) bond motifs is 1. The molecule has 0 bridgehead atoms. The van der Waals surface area contributed by atoms with Gasteiger partial charge in [0, 0.05) is 12.3 Å².